The average molecular weight is 347 g/mol. The minimum Gasteiger partial charge on any atom is -0.493 e. The van der Waals surface area contributed by atoms with E-state index >= 15 is 0 Å². The summed E-state index contributed by atoms with van der Waals surface area (Å²) < 4.78 is 11.3. The Hall–Kier alpha value is -3.26. The number of hydrogen-bond acceptors (Lipinski definition) is 4. The molecule has 2 aromatic carbocycles. The van der Waals surface area contributed by atoms with Gasteiger partial charge in [-0.05, 0) is 49.2 Å². The maximum atomic E-state index is 9.56. The number of fused-ring (bicyclic) bond motifs is 1. The van der Waals surface area contributed by atoms with Gasteiger partial charge in [0, 0.05) is 0 Å². The van der Waals surface area contributed by atoms with E-state index in [0.29, 0.717) is 22.9 Å². The third-order valence-corrected chi connectivity index (χ3v) is 4.17. The highest BCUT2D eigenvalue weighted by atomic mass is 16.5. The first-order valence-corrected chi connectivity index (χ1v) is 8.56. The summed E-state index contributed by atoms with van der Waals surface area (Å²) in [5.41, 5.74) is 3.03. The van der Waals surface area contributed by atoms with Gasteiger partial charge in [-0.3, -0.25) is 0 Å². The monoisotopic (exact) mass is 347 g/mol. The van der Waals surface area contributed by atoms with Crippen molar-refractivity contribution in [1.29, 1.82) is 5.26 Å². The van der Waals surface area contributed by atoms with Crippen LogP contribution in [0, 0.1) is 11.3 Å². The van der Waals surface area contributed by atoms with Crippen LogP contribution < -0.4 is 9.47 Å². The molecule has 1 atom stereocenters. The van der Waals surface area contributed by atoms with Gasteiger partial charge >= 0.3 is 0 Å². The Morgan fingerprint density at radius 2 is 2.08 bits per heavy atom. The molecule has 0 bridgehead atoms. The van der Waals surface area contributed by atoms with Crippen LogP contribution in [-0.2, 0) is 0 Å². The summed E-state index contributed by atoms with van der Waals surface area (Å²) in [4.78, 5) is 7.67. The lowest BCUT2D eigenvalue weighted by Crippen LogP contribution is -2.10. The third-order valence-electron chi connectivity index (χ3n) is 4.17. The van der Waals surface area contributed by atoms with Crippen LogP contribution in [0.3, 0.4) is 0 Å². The summed E-state index contributed by atoms with van der Waals surface area (Å²) in [6.07, 6.45) is 2.80. The Balaban J connectivity index is 1.95. The molecule has 5 nitrogen and oxygen atoms in total. The molecule has 0 fully saturated rings. The smallest absolute Gasteiger partial charge is 0.161 e. The van der Waals surface area contributed by atoms with E-state index < -0.39 is 0 Å². The van der Waals surface area contributed by atoms with Crippen molar-refractivity contribution in [3.05, 3.63) is 53.9 Å². The summed E-state index contributed by atoms with van der Waals surface area (Å²) in [6, 6.07) is 15.5. The quantitative estimate of drug-likeness (QED) is 0.649. The molecule has 0 aliphatic heterocycles. The Labute approximate surface area is 152 Å². The van der Waals surface area contributed by atoms with Crippen LogP contribution in [-0.4, -0.2) is 23.2 Å². The van der Waals surface area contributed by atoms with Crippen molar-refractivity contribution in [2.75, 3.05) is 7.11 Å². The summed E-state index contributed by atoms with van der Waals surface area (Å²) in [5, 5.41) is 9.56. The van der Waals surface area contributed by atoms with Crippen molar-refractivity contribution in [2.24, 2.45) is 0 Å². The lowest BCUT2D eigenvalue weighted by molar-refractivity contribution is 0.207. The first-order valence-electron chi connectivity index (χ1n) is 8.56. The number of rotatable bonds is 6. The molecule has 26 heavy (non-hydrogen) atoms. The molecule has 0 spiro atoms. The number of ether oxygens (including phenoxy) is 2. The standard InChI is InChI=1S/C21H21N3O2/c1-4-14(2)26-19-10-9-15(12-20(19)25-3)11-16(13-22)21-23-17-7-5-6-8-18(17)24-21/h5-12,14H,4H2,1-3H3,(H,23,24)/b16-11-/t14-/m1/s1. The molecule has 1 N–H and O–H groups in total. The van der Waals surface area contributed by atoms with E-state index in [0.717, 1.165) is 23.0 Å². The summed E-state index contributed by atoms with van der Waals surface area (Å²) in [7, 11) is 1.61. The molecule has 0 aliphatic rings. The number of aromatic amines is 1. The Morgan fingerprint density at radius 3 is 2.77 bits per heavy atom. The second kappa shape index (κ2) is 7.75. The zero-order valence-corrected chi connectivity index (χ0v) is 15.1. The largest absolute Gasteiger partial charge is 0.493 e. The normalized spacial score (nSPS) is 12.6. The SMILES string of the molecule is CC[C@@H](C)Oc1ccc(/C=C(/C#N)c2nc3ccccc3[nH]2)cc1OC. The number of nitriles is 1. The van der Waals surface area contributed by atoms with Gasteiger partial charge in [-0.1, -0.05) is 25.1 Å². The number of imidazole rings is 1. The predicted octanol–water partition coefficient (Wildman–Crippen LogP) is 4.81. The molecule has 1 heterocycles. The van der Waals surface area contributed by atoms with Crippen LogP contribution in [0.4, 0.5) is 0 Å². The van der Waals surface area contributed by atoms with Crippen LogP contribution in [0.5, 0.6) is 11.5 Å². The number of nitrogens with one attached hydrogen (secondary N) is 1. The molecular weight excluding hydrogens is 326 g/mol. The van der Waals surface area contributed by atoms with Crippen LogP contribution in [0.1, 0.15) is 31.7 Å². The van der Waals surface area contributed by atoms with E-state index in [1.807, 2.05) is 49.4 Å². The molecule has 0 saturated heterocycles. The Morgan fingerprint density at radius 1 is 1.27 bits per heavy atom. The lowest BCUT2D eigenvalue weighted by atomic mass is 10.1. The van der Waals surface area contributed by atoms with Gasteiger partial charge in [-0.25, -0.2) is 4.98 Å². The minimum absolute atomic E-state index is 0.107. The Kier molecular flexibility index (Phi) is 5.23. The van der Waals surface area contributed by atoms with Gasteiger partial charge in [0.1, 0.15) is 11.9 Å². The fraction of sp³-hybridized carbons (Fsp3) is 0.238. The maximum Gasteiger partial charge on any atom is 0.161 e. The number of allylic oxidation sites excluding steroid dienone is 1. The molecule has 0 saturated carbocycles. The van der Waals surface area contributed by atoms with E-state index in [4.69, 9.17) is 9.47 Å². The van der Waals surface area contributed by atoms with E-state index in [-0.39, 0.29) is 6.10 Å². The minimum atomic E-state index is 0.107. The zero-order valence-electron chi connectivity index (χ0n) is 15.1. The van der Waals surface area contributed by atoms with Gasteiger partial charge < -0.3 is 14.5 Å². The van der Waals surface area contributed by atoms with Crippen molar-refractivity contribution >= 4 is 22.7 Å². The molecule has 0 unspecified atom stereocenters. The van der Waals surface area contributed by atoms with Crippen molar-refractivity contribution in [1.82, 2.24) is 9.97 Å². The third kappa shape index (κ3) is 3.70. The lowest BCUT2D eigenvalue weighted by Gasteiger charge is -2.15. The first kappa shape index (κ1) is 17.6. The second-order valence-electron chi connectivity index (χ2n) is 6.02. The zero-order chi connectivity index (χ0) is 18.5. The highest BCUT2D eigenvalue weighted by Gasteiger charge is 2.11. The van der Waals surface area contributed by atoms with Crippen molar-refractivity contribution < 1.29 is 9.47 Å². The summed E-state index contributed by atoms with van der Waals surface area (Å²) >= 11 is 0. The van der Waals surface area contributed by atoms with Crippen molar-refractivity contribution in [3.8, 4) is 17.6 Å². The molecule has 1 aromatic heterocycles. The molecule has 0 amide bonds. The highest BCUT2D eigenvalue weighted by Crippen LogP contribution is 2.31. The van der Waals surface area contributed by atoms with Gasteiger partial charge in [0.15, 0.2) is 11.5 Å². The molecule has 132 valence electrons. The molecule has 3 rings (SSSR count). The van der Waals surface area contributed by atoms with Crippen LogP contribution >= 0.6 is 0 Å². The van der Waals surface area contributed by atoms with Gasteiger partial charge in [0.05, 0.1) is 29.8 Å². The number of methoxy groups -OCH3 is 1. The molecule has 0 radical (unpaired) electrons. The number of para-hydroxylation sites is 2. The average Bonchev–Trinajstić information content (AvgIpc) is 3.10. The summed E-state index contributed by atoms with van der Waals surface area (Å²) in [6.45, 7) is 4.09. The van der Waals surface area contributed by atoms with Gasteiger partial charge in [0.25, 0.3) is 0 Å². The van der Waals surface area contributed by atoms with Crippen molar-refractivity contribution in [2.45, 2.75) is 26.4 Å². The maximum absolute atomic E-state index is 9.56. The molecule has 5 heteroatoms. The van der Waals surface area contributed by atoms with Crippen LogP contribution in [0.2, 0.25) is 0 Å². The van der Waals surface area contributed by atoms with E-state index in [2.05, 4.69) is 23.0 Å². The number of aromatic nitrogens is 2. The fourth-order valence-electron chi connectivity index (χ4n) is 2.57. The molecule has 3 aromatic rings. The number of benzene rings is 2. The fourth-order valence-corrected chi connectivity index (χ4v) is 2.57. The van der Waals surface area contributed by atoms with E-state index in [1.54, 1.807) is 13.2 Å². The van der Waals surface area contributed by atoms with E-state index in [9.17, 15) is 5.26 Å². The second-order valence-corrected chi connectivity index (χ2v) is 6.02. The van der Waals surface area contributed by atoms with Crippen LogP contribution in [0.15, 0.2) is 42.5 Å². The van der Waals surface area contributed by atoms with E-state index in [1.165, 1.54) is 0 Å². The number of hydrogen-bond donors (Lipinski definition) is 1. The highest BCUT2D eigenvalue weighted by molar-refractivity contribution is 5.90. The van der Waals surface area contributed by atoms with Crippen molar-refractivity contribution in [3.63, 3.8) is 0 Å². The summed E-state index contributed by atoms with van der Waals surface area (Å²) in [5.74, 6) is 1.88. The number of H-pyrrole nitrogens is 1. The van der Waals surface area contributed by atoms with Gasteiger partial charge in [-0.15, -0.1) is 0 Å². The first-order chi connectivity index (χ1) is 12.6. The van der Waals surface area contributed by atoms with Gasteiger partial charge in [-0.2, -0.15) is 5.26 Å². The molecular formula is C21H21N3O2. The Bertz CT molecular complexity index is 949. The predicted molar refractivity (Wildman–Crippen MR) is 103 cm³/mol. The topological polar surface area (TPSA) is 70.9 Å². The molecule has 0 aliphatic carbocycles. The number of nitrogens with zero attached hydrogens (tertiary/aromatic N) is 2. The van der Waals surface area contributed by atoms with Crippen LogP contribution in [0.25, 0.3) is 22.7 Å². The van der Waals surface area contributed by atoms with Gasteiger partial charge in [0.2, 0.25) is 0 Å².